The van der Waals surface area contributed by atoms with Gasteiger partial charge in [-0.2, -0.15) is 0 Å². The summed E-state index contributed by atoms with van der Waals surface area (Å²) >= 11 is 0. The van der Waals surface area contributed by atoms with Gasteiger partial charge in [0.1, 0.15) is 0 Å². The van der Waals surface area contributed by atoms with E-state index in [0.717, 1.165) is 18.9 Å². The summed E-state index contributed by atoms with van der Waals surface area (Å²) in [5.74, 6) is 0.939. The van der Waals surface area contributed by atoms with E-state index < -0.39 is 0 Å². The van der Waals surface area contributed by atoms with Crippen molar-refractivity contribution in [1.29, 1.82) is 0 Å². The zero-order chi connectivity index (χ0) is 14.2. The lowest BCUT2D eigenvalue weighted by molar-refractivity contribution is 0.0154. The highest BCUT2D eigenvalue weighted by Crippen LogP contribution is 2.34. The molecule has 5 aliphatic heterocycles. The van der Waals surface area contributed by atoms with E-state index in [1.165, 1.54) is 45.6 Å². The fourth-order valence-electron chi connectivity index (χ4n) is 4.29. The SMILES string of the molecule is CN=C(NCC1CN2CCN1CC2)NC1CC2CCC1O2. The molecule has 6 heteroatoms. The van der Waals surface area contributed by atoms with Gasteiger partial charge in [-0.05, 0) is 19.3 Å². The monoisotopic (exact) mass is 293 g/mol. The van der Waals surface area contributed by atoms with Gasteiger partial charge in [0.05, 0.1) is 18.2 Å². The fourth-order valence-corrected chi connectivity index (χ4v) is 4.29. The van der Waals surface area contributed by atoms with E-state index in [-0.39, 0.29) is 0 Å². The highest BCUT2D eigenvalue weighted by atomic mass is 16.5. The predicted octanol–water partition coefficient (Wildman–Crippen LogP) is -0.529. The van der Waals surface area contributed by atoms with Gasteiger partial charge >= 0.3 is 0 Å². The fraction of sp³-hybridized carbons (Fsp3) is 0.933. The van der Waals surface area contributed by atoms with Crippen molar-refractivity contribution in [2.24, 2.45) is 4.99 Å². The normalized spacial score (nSPS) is 45.1. The Balaban J connectivity index is 1.27. The van der Waals surface area contributed by atoms with Crippen LogP contribution in [-0.2, 0) is 4.74 Å². The minimum atomic E-state index is 0.397. The summed E-state index contributed by atoms with van der Waals surface area (Å²) in [6, 6.07) is 1.07. The topological polar surface area (TPSA) is 52.1 Å². The molecule has 6 nitrogen and oxygen atoms in total. The van der Waals surface area contributed by atoms with Crippen LogP contribution in [0.5, 0.6) is 0 Å². The molecular formula is C15H27N5O. The number of hydrogen-bond donors (Lipinski definition) is 2. The molecule has 5 aliphatic rings. The maximum atomic E-state index is 5.90. The van der Waals surface area contributed by atoms with Crippen molar-refractivity contribution in [3.8, 4) is 0 Å². The Kier molecular flexibility index (Phi) is 3.77. The number of nitrogens with zero attached hydrogens (tertiary/aromatic N) is 3. The quantitative estimate of drug-likeness (QED) is 0.541. The largest absolute Gasteiger partial charge is 0.373 e. The first-order valence-electron chi connectivity index (χ1n) is 8.41. The van der Waals surface area contributed by atoms with Crippen LogP contribution in [0.3, 0.4) is 0 Å². The molecule has 4 atom stereocenters. The molecule has 0 aromatic heterocycles. The first kappa shape index (κ1) is 13.8. The Morgan fingerprint density at radius 2 is 2.10 bits per heavy atom. The van der Waals surface area contributed by atoms with E-state index in [4.69, 9.17) is 4.74 Å². The molecule has 4 bridgehead atoms. The number of ether oxygens (including phenoxy) is 1. The molecule has 5 fully saturated rings. The molecule has 0 aromatic carbocycles. The number of hydrogen-bond acceptors (Lipinski definition) is 4. The Bertz CT molecular complexity index is 407. The van der Waals surface area contributed by atoms with Crippen LogP contribution in [0.15, 0.2) is 4.99 Å². The number of piperazine rings is 3. The van der Waals surface area contributed by atoms with E-state index in [2.05, 4.69) is 25.4 Å². The minimum absolute atomic E-state index is 0.397. The van der Waals surface area contributed by atoms with Gasteiger partial charge in [-0.15, -0.1) is 0 Å². The maximum absolute atomic E-state index is 5.90. The second kappa shape index (κ2) is 5.74. The molecule has 0 aliphatic carbocycles. The first-order valence-corrected chi connectivity index (χ1v) is 8.41. The van der Waals surface area contributed by atoms with Crippen LogP contribution in [0.25, 0.3) is 0 Å². The van der Waals surface area contributed by atoms with Crippen molar-refractivity contribution in [2.75, 3.05) is 46.3 Å². The summed E-state index contributed by atoms with van der Waals surface area (Å²) in [4.78, 5) is 9.58. The highest BCUT2D eigenvalue weighted by molar-refractivity contribution is 5.80. The van der Waals surface area contributed by atoms with Crippen LogP contribution >= 0.6 is 0 Å². The van der Waals surface area contributed by atoms with Gasteiger partial charge in [0.15, 0.2) is 5.96 Å². The van der Waals surface area contributed by atoms with Crippen molar-refractivity contribution < 1.29 is 4.74 Å². The average Bonchev–Trinajstić information content (AvgIpc) is 3.15. The zero-order valence-electron chi connectivity index (χ0n) is 12.9. The molecule has 0 saturated carbocycles. The average molecular weight is 293 g/mol. The molecule has 5 saturated heterocycles. The van der Waals surface area contributed by atoms with Crippen LogP contribution in [0.2, 0.25) is 0 Å². The molecule has 4 unspecified atom stereocenters. The Hall–Kier alpha value is -0.850. The molecule has 21 heavy (non-hydrogen) atoms. The van der Waals surface area contributed by atoms with E-state index in [9.17, 15) is 0 Å². The Morgan fingerprint density at radius 1 is 1.24 bits per heavy atom. The maximum Gasteiger partial charge on any atom is 0.191 e. The highest BCUT2D eigenvalue weighted by Gasteiger charge is 2.41. The minimum Gasteiger partial charge on any atom is -0.373 e. The third-order valence-corrected chi connectivity index (χ3v) is 5.55. The van der Waals surface area contributed by atoms with E-state index in [0.29, 0.717) is 24.3 Å². The van der Waals surface area contributed by atoms with Crippen molar-refractivity contribution in [3.05, 3.63) is 0 Å². The van der Waals surface area contributed by atoms with Gasteiger partial charge in [0.25, 0.3) is 0 Å². The zero-order valence-corrected chi connectivity index (χ0v) is 12.9. The Labute approximate surface area is 126 Å². The third-order valence-electron chi connectivity index (χ3n) is 5.55. The third kappa shape index (κ3) is 2.76. The van der Waals surface area contributed by atoms with Gasteiger partial charge in [0, 0.05) is 52.4 Å². The molecule has 0 aromatic rings. The number of aliphatic imine (C=N–C) groups is 1. The Morgan fingerprint density at radius 3 is 2.67 bits per heavy atom. The first-order chi connectivity index (χ1) is 10.3. The second-order valence-electron chi connectivity index (χ2n) is 6.80. The van der Waals surface area contributed by atoms with Crippen LogP contribution < -0.4 is 10.6 Å². The van der Waals surface area contributed by atoms with E-state index in [1.54, 1.807) is 0 Å². The molecule has 5 rings (SSSR count). The summed E-state index contributed by atoms with van der Waals surface area (Å²) in [5.41, 5.74) is 0. The number of guanidine groups is 1. The summed E-state index contributed by atoms with van der Waals surface area (Å²) in [6.07, 6.45) is 4.45. The lowest BCUT2D eigenvalue weighted by Gasteiger charge is -2.47. The van der Waals surface area contributed by atoms with Crippen molar-refractivity contribution in [1.82, 2.24) is 20.4 Å². The molecule has 0 radical (unpaired) electrons. The van der Waals surface area contributed by atoms with Crippen LogP contribution in [0.1, 0.15) is 19.3 Å². The molecule has 118 valence electrons. The van der Waals surface area contributed by atoms with Crippen LogP contribution in [-0.4, -0.2) is 86.4 Å². The van der Waals surface area contributed by atoms with E-state index in [1.807, 2.05) is 7.05 Å². The standard InChI is InChI=1S/C15H27N5O/c1-16-15(18-13-8-12-2-3-14(13)21-12)17-9-11-10-19-4-6-20(11)7-5-19/h11-14H,2-10H2,1H3,(H2,16,17,18). The number of rotatable bonds is 3. The lowest BCUT2D eigenvalue weighted by atomic mass is 9.96. The second-order valence-corrected chi connectivity index (χ2v) is 6.80. The molecule has 5 heterocycles. The van der Waals surface area contributed by atoms with Crippen molar-refractivity contribution in [3.63, 3.8) is 0 Å². The predicted molar refractivity (Wildman–Crippen MR) is 82.6 cm³/mol. The molecular weight excluding hydrogens is 266 g/mol. The van der Waals surface area contributed by atoms with Crippen molar-refractivity contribution >= 4 is 5.96 Å². The van der Waals surface area contributed by atoms with Gasteiger partial charge in [0.2, 0.25) is 0 Å². The summed E-state index contributed by atoms with van der Waals surface area (Å²) in [6.45, 7) is 7.11. The van der Waals surface area contributed by atoms with Gasteiger partial charge in [-0.25, -0.2) is 0 Å². The molecule has 0 spiro atoms. The van der Waals surface area contributed by atoms with Gasteiger partial charge in [-0.1, -0.05) is 0 Å². The smallest absolute Gasteiger partial charge is 0.191 e. The molecule has 0 amide bonds. The van der Waals surface area contributed by atoms with Crippen LogP contribution in [0.4, 0.5) is 0 Å². The summed E-state index contributed by atoms with van der Waals surface area (Å²) in [7, 11) is 1.86. The van der Waals surface area contributed by atoms with E-state index >= 15 is 0 Å². The van der Waals surface area contributed by atoms with Gasteiger partial charge < -0.3 is 15.4 Å². The van der Waals surface area contributed by atoms with Gasteiger partial charge in [-0.3, -0.25) is 14.8 Å². The number of nitrogens with one attached hydrogen (secondary N) is 2. The van der Waals surface area contributed by atoms with Crippen LogP contribution in [0, 0.1) is 0 Å². The summed E-state index contributed by atoms with van der Waals surface area (Å²) in [5, 5.41) is 7.09. The molecule has 2 N–H and O–H groups in total. The lowest BCUT2D eigenvalue weighted by Crippen LogP contribution is -2.64. The van der Waals surface area contributed by atoms with Crippen molar-refractivity contribution in [2.45, 2.75) is 43.6 Å². The number of fused-ring (bicyclic) bond motifs is 5. The summed E-state index contributed by atoms with van der Waals surface area (Å²) < 4.78 is 5.90.